The molecule has 0 aliphatic heterocycles. The summed E-state index contributed by atoms with van der Waals surface area (Å²) in [5, 5.41) is 12.9. The third kappa shape index (κ3) is 5.34. The first-order valence-electron chi connectivity index (χ1n) is 14.9. The molecule has 8 atom stereocenters. The van der Waals surface area contributed by atoms with Crippen LogP contribution in [0, 0.1) is 58.2 Å². The fourth-order valence-electron chi connectivity index (χ4n) is 8.71. The van der Waals surface area contributed by atoms with Crippen LogP contribution < -0.4 is 5.32 Å². The van der Waals surface area contributed by atoms with Gasteiger partial charge in [-0.25, -0.2) is 0 Å². The minimum absolute atomic E-state index is 0.522. The van der Waals surface area contributed by atoms with Crippen molar-refractivity contribution in [1.29, 1.82) is 5.26 Å². The van der Waals surface area contributed by atoms with E-state index in [0.29, 0.717) is 5.41 Å². The third-order valence-corrected chi connectivity index (χ3v) is 10.4. The van der Waals surface area contributed by atoms with Gasteiger partial charge in [0.25, 0.3) is 0 Å². The van der Waals surface area contributed by atoms with Crippen molar-refractivity contribution in [3.8, 4) is 6.07 Å². The highest BCUT2D eigenvalue weighted by Gasteiger charge is 2.56. The maximum atomic E-state index is 9.18. The molecular formula is C32H52N2. The van der Waals surface area contributed by atoms with Crippen LogP contribution in [0.5, 0.6) is 0 Å². The molecule has 2 heteroatoms. The Labute approximate surface area is 211 Å². The Morgan fingerprint density at radius 1 is 0.941 bits per heavy atom. The zero-order chi connectivity index (χ0) is 24.7. The number of hydrogen-bond donors (Lipinski definition) is 1. The summed E-state index contributed by atoms with van der Waals surface area (Å²) >= 11 is 0. The molecule has 2 nitrogen and oxygen atoms in total. The van der Waals surface area contributed by atoms with Crippen LogP contribution in [0.15, 0.2) is 24.3 Å². The van der Waals surface area contributed by atoms with Gasteiger partial charge < -0.3 is 5.32 Å². The number of rotatable bonds is 4. The molecule has 4 aliphatic carbocycles. The summed E-state index contributed by atoms with van der Waals surface area (Å²) in [6.45, 7) is 14.1. The van der Waals surface area contributed by atoms with Gasteiger partial charge in [0.05, 0.1) is 11.6 Å². The second-order valence-electron chi connectivity index (χ2n) is 11.4. The minimum atomic E-state index is 0.522. The van der Waals surface area contributed by atoms with Crippen molar-refractivity contribution in [2.75, 3.05) is 11.9 Å². The number of benzene rings is 1. The lowest BCUT2D eigenvalue weighted by molar-refractivity contribution is -0.0667. The third-order valence-electron chi connectivity index (χ3n) is 10.4. The van der Waals surface area contributed by atoms with Crippen molar-refractivity contribution >= 4 is 5.69 Å². The standard InChI is InChI=1S/C28H40N2.2C2H6/c1-3-19-7-10-24-21(15-19)8-11-26-25(24)13-14-28(2)22(9-12-27(26)28)18-30-23-6-4-5-20(16-23)17-29;2*1-2/h4-6,16,19,21-22,24-27,30H,3,7-15,18H2,1-2H3;2*1-2H3. The molecule has 190 valence electrons. The first-order valence-corrected chi connectivity index (χ1v) is 14.9. The van der Waals surface area contributed by atoms with Crippen molar-refractivity contribution in [1.82, 2.24) is 0 Å². The maximum absolute atomic E-state index is 9.18. The molecule has 4 aliphatic rings. The zero-order valence-electron chi connectivity index (χ0n) is 23.1. The summed E-state index contributed by atoms with van der Waals surface area (Å²) in [5.74, 6) is 6.93. The SMILES string of the molecule is CC.CC.CCC1CCC2C(CCC3C2CCC2(C)C(CNc4cccc(C#N)c4)CCC32)C1. The van der Waals surface area contributed by atoms with Crippen LogP contribution >= 0.6 is 0 Å². The van der Waals surface area contributed by atoms with Crippen molar-refractivity contribution in [2.45, 2.75) is 106 Å². The molecule has 0 saturated heterocycles. The van der Waals surface area contributed by atoms with Gasteiger partial charge in [-0.15, -0.1) is 0 Å². The van der Waals surface area contributed by atoms with E-state index in [9.17, 15) is 5.26 Å². The quantitative estimate of drug-likeness (QED) is 0.482. The molecule has 5 rings (SSSR count). The summed E-state index contributed by atoms with van der Waals surface area (Å²) in [6.07, 6.45) is 14.8. The predicted molar refractivity (Wildman–Crippen MR) is 147 cm³/mol. The second-order valence-corrected chi connectivity index (χ2v) is 11.4. The molecule has 0 spiro atoms. The molecule has 0 radical (unpaired) electrons. The van der Waals surface area contributed by atoms with Gasteiger partial charge in [0.2, 0.25) is 0 Å². The van der Waals surface area contributed by atoms with Gasteiger partial charge in [0.15, 0.2) is 0 Å². The Morgan fingerprint density at radius 2 is 1.71 bits per heavy atom. The van der Waals surface area contributed by atoms with Crippen molar-refractivity contribution in [2.24, 2.45) is 46.8 Å². The number of nitrogens with one attached hydrogen (secondary N) is 1. The molecule has 0 aromatic heterocycles. The van der Waals surface area contributed by atoms with Crippen molar-refractivity contribution < 1.29 is 0 Å². The summed E-state index contributed by atoms with van der Waals surface area (Å²) in [5.41, 5.74) is 2.39. The molecule has 1 aromatic rings. The highest BCUT2D eigenvalue weighted by molar-refractivity contribution is 5.49. The Morgan fingerprint density at radius 3 is 2.44 bits per heavy atom. The van der Waals surface area contributed by atoms with Crippen LogP contribution in [-0.4, -0.2) is 6.54 Å². The molecule has 0 amide bonds. The summed E-state index contributed by atoms with van der Waals surface area (Å²) < 4.78 is 0. The van der Waals surface area contributed by atoms with Crippen LogP contribution in [-0.2, 0) is 0 Å². The van der Waals surface area contributed by atoms with E-state index in [1.54, 1.807) is 6.42 Å². The number of hydrogen-bond acceptors (Lipinski definition) is 2. The van der Waals surface area contributed by atoms with Gasteiger partial charge in [-0.05, 0) is 116 Å². The van der Waals surface area contributed by atoms with Gasteiger partial charge in [0.1, 0.15) is 0 Å². The van der Waals surface area contributed by atoms with Crippen LogP contribution in [0.25, 0.3) is 0 Å². The Bertz CT molecular complexity index is 794. The molecule has 0 heterocycles. The van der Waals surface area contributed by atoms with Gasteiger partial charge in [0, 0.05) is 12.2 Å². The number of fused-ring (bicyclic) bond motifs is 5. The molecule has 4 saturated carbocycles. The lowest BCUT2D eigenvalue weighted by Gasteiger charge is -2.56. The molecule has 8 unspecified atom stereocenters. The molecule has 0 bridgehead atoms. The summed E-state index contributed by atoms with van der Waals surface area (Å²) in [4.78, 5) is 0. The lowest BCUT2D eigenvalue weighted by Crippen LogP contribution is -2.49. The molecule has 1 N–H and O–H groups in total. The average Bonchev–Trinajstić information content (AvgIpc) is 3.25. The van der Waals surface area contributed by atoms with Crippen LogP contribution in [0.4, 0.5) is 5.69 Å². The zero-order valence-corrected chi connectivity index (χ0v) is 23.1. The van der Waals surface area contributed by atoms with Crippen LogP contribution in [0.1, 0.15) is 111 Å². The smallest absolute Gasteiger partial charge is 0.0992 e. The normalized spacial score (nSPS) is 37.9. The molecule has 34 heavy (non-hydrogen) atoms. The van der Waals surface area contributed by atoms with E-state index in [1.165, 1.54) is 57.8 Å². The largest absolute Gasteiger partial charge is 0.385 e. The Kier molecular flexibility index (Phi) is 9.94. The fraction of sp³-hybridized carbons (Fsp3) is 0.781. The number of nitriles is 1. The fourth-order valence-corrected chi connectivity index (χ4v) is 8.71. The second kappa shape index (κ2) is 12.5. The average molecular weight is 465 g/mol. The van der Waals surface area contributed by atoms with Crippen LogP contribution in [0.2, 0.25) is 0 Å². The van der Waals surface area contributed by atoms with E-state index in [4.69, 9.17) is 0 Å². The topological polar surface area (TPSA) is 35.8 Å². The summed E-state index contributed by atoms with van der Waals surface area (Å²) in [6, 6.07) is 10.3. The number of anilines is 1. The van der Waals surface area contributed by atoms with Gasteiger partial charge in [-0.2, -0.15) is 5.26 Å². The van der Waals surface area contributed by atoms with E-state index in [0.717, 1.165) is 59.2 Å². The van der Waals surface area contributed by atoms with E-state index in [1.807, 2.05) is 45.9 Å². The van der Waals surface area contributed by atoms with Gasteiger partial charge in [-0.3, -0.25) is 0 Å². The first-order chi connectivity index (χ1) is 16.6. The monoisotopic (exact) mass is 464 g/mol. The Balaban J connectivity index is 0.000000771. The number of nitrogens with zero attached hydrogens (tertiary/aromatic N) is 1. The lowest BCUT2D eigenvalue weighted by atomic mass is 9.49. The first kappa shape index (κ1) is 27.1. The van der Waals surface area contributed by atoms with Gasteiger partial charge >= 0.3 is 0 Å². The Hall–Kier alpha value is -1.49. The molecule has 1 aromatic carbocycles. The van der Waals surface area contributed by atoms with Crippen LogP contribution in [0.3, 0.4) is 0 Å². The highest BCUT2D eigenvalue weighted by atomic mass is 14.9. The van der Waals surface area contributed by atoms with E-state index >= 15 is 0 Å². The van der Waals surface area contributed by atoms with E-state index in [-0.39, 0.29) is 0 Å². The maximum Gasteiger partial charge on any atom is 0.0992 e. The minimum Gasteiger partial charge on any atom is -0.385 e. The van der Waals surface area contributed by atoms with E-state index in [2.05, 4.69) is 31.3 Å². The summed E-state index contributed by atoms with van der Waals surface area (Å²) in [7, 11) is 0. The molecule has 4 fully saturated rings. The predicted octanol–water partition coefficient (Wildman–Crippen LogP) is 9.32. The van der Waals surface area contributed by atoms with Gasteiger partial charge in [-0.1, -0.05) is 60.5 Å². The highest BCUT2D eigenvalue weighted by Crippen LogP contribution is 2.64. The van der Waals surface area contributed by atoms with Crippen molar-refractivity contribution in [3.63, 3.8) is 0 Å². The molecular weight excluding hydrogens is 412 g/mol. The van der Waals surface area contributed by atoms with Crippen molar-refractivity contribution in [3.05, 3.63) is 29.8 Å². The van der Waals surface area contributed by atoms with E-state index < -0.39 is 0 Å².